The second-order valence-corrected chi connectivity index (χ2v) is 2.12. The number of hydrogen-bond acceptors (Lipinski definition) is 2. The highest BCUT2D eigenvalue weighted by atomic mass is 16.4. The summed E-state index contributed by atoms with van der Waals surface area (Å²) in [5.74, 6) is -1.06. The van der Waals surface area contributed by atoms with Crippen LogP contribution >= 0.6 is 0 Å². The smallest absolute Gasteiger partial charge is 0.408 e. The number of hydrogen-bond donors (Lipinski definition) is 2. The Morgan fingerprint density at radius 2 is 2.00 bits per heavy atom. The molecule has 5 heteroatoms. The predicted octanol–water partition coefficient (Wildman–Crippen LogP) is -0.177. The van der Waals surface area contributed by atoms with Crippen molar-refractivity contribution in [3.63, 3.8) is 0 Å². The summed E-state index contributed by atoms with van der Waals surface area (Å²) in [6.07, 6.45) is -0.722. The maximum atomic E-state index is 10.2. The molecule has 1 fully saturated rings. The summed E-state index contributed by atoms with van der Waals surface area (Å²) < 4.78 is 0. The van der Waals surface area contributed by atoms with Crippen LogP contribution in [0.2, 0.25) is 0 Å². The molecule has 0 aromatic carbocycles. The van der Waals surface area contributed by atoms with Crippen LogP contribution in [0.4, 0.5) is 4.79 Å². The molecule has 10 heavy (non-hydrogen) atoms. The standard InChI is InChI=1S/C5H7NO4/c7-4(8)3-1-2-6(3)5(9)10/h3H,1-2H2,(H,7,8)(H,9,10)/t3-/m1/s1. The lowest BCUT2D eigenvalue weighted by Crippen LogP contribution is -2.54. The lowest BCUT2D eigenvalue weighted by Gasteiger charge is -2.35. The minimum absolute atomic E-state index is 0.340. The maximum Gasteiger partial charge on any atom is 0.408 e. The summed E-state index contributed by atoms with van der Waals surface area (Å²) in [5.41, 5.74) is 0. The first-order valence-electron chi connectivity index (χ1n) is 2.85. The third-order valence-electron chi connectivity index (χ3n) is 1.55. The Morgan fingerprint density at radius 3 is 2.10 bits per heavy atom. The normalized spacial score (nSPS) is 23.6. The van der Waals surface area contributed by atoms with Gasteiger partial charge in [0.25, 0.3) is 0 Å². The van der Waals surface area contributed by atoms with Gasteiger partial charge in [0.2, 0.25) is 0 Å². The fraction of sp³-hybridized carbons (Fsp3) is 0.600. The zero-order chi connectivity index (χ0) is 7.72. The van der Waals surface area contributed by atoms with E-state index in [4.69, 9.17) is 10.2 Å². The molecule has 1 heterocycles. The Balaban J connectivity index is 2.51. The maximum absolute atomic E-state index is 10.2. The molecule has 1 amide bonds. The summed E-state index contributed by atoms with van der Waals surface area (Å²) in [7, 11) is 0. The van der Waals surface area contributed by atoms with Gasteiger partial charge in [-0.25, -0.2) is 9.59 Å². The number of carbonyl (C=O) groups is 2. The SMILES string of the molecule is O=C(O)[C@H]1CCN1C(=O)O. The van der Waals surface area contributed by atoms with Gasteiger partial charge >= 0.3 is 12.1 Å². The number of nitrogens with zero attached hydrogens (tertiary/aromatic N) is 1. The minimum atomic E-state index is -1.15. The highest BCUT2D eigenvalue weighted by Crippen LogP contribution is 2.16. The van der Waals surface area contributed by atoms with Crippen LogP contribution in [0, 0.1) is 0 Å². The summed E-state index contributed by atoms with van der Waals surface area (Å²) >= 11 is 0. The van der Waals surface area contributed by atoms with Crippen molar-refractivity contribution >= 4 is 12.1 Å². The third-order valence-corrected chi connectivity index (χ3v) is 1.55. The van der Waals surface area contributed by atoms with Crippen molar-refractivity contribution in [3.05, 3.63) is 0 Å². The van der Waals surface area contributed by atoms with Gasteiger partial charge in [-0.05, 0) is 6.42 Å². The molecule has 2 N–H and O–H groups in total. The Bertz CT molecular complexity index is 158. The number of aliphatic carboxylic acids is 1. The molecule has 1 aliphatic rings. The van der Waals surface area contributed by atoms with Crippen LogP contribution in [0.15, 0.2) is 0 Å². The van der Waals surface area contributed by atoms with Gasteiger partial charge in [0.05, 0.1) is 0 Å². The molecule has 1 rings (SSSR count). The van der Waals surface area contributed by atoms with Gasteiger partial charge in [-0.15, -0.1) is 0 Å². The van der Waals surface area contributed by atoms with E-state index in [1.165, 1.54) is 0 Å². The van der Waals surface area contributed by atoms with Crippen LogP contribution < -0.4 is 0 Å². The van der Waals surface area contributed by atoms with Gasteiger partial charge in [0.15, 0.2) is 0 Å². The first-order chi connectivity index (χ1) is 4.63. The van der Waals surface area contributed by atoms with E-state index in [0.717, 1.165) is 4.90 Å². The summed E-state index contributed by atoms with van der Waals surface area (Å²) in [4.78, 5) is 21.3. The molecule has 1 atom stereocenters. The average Bonchev–Trinajstić information content (AvgIpc) is 1.56. The van der Waals surface area contributed by atoms with E-state index in [0.29, 0.717) is 13.0 Å². The Kier molecular flexibility index (Phi) is 1.48. The third kappa shape index (κ3) is 0.896. The molecular formula is C5H7NO4. The average molecular weight is 145 g/mol. The number of likely N-dealkylation sites (tertiary alicyclic amines) is 1. The van der Waals surface area contributed by atoms with Gasteiger partial charge < -0.3 is 10.2 Å². The topological polar surface area (TPSA) is 77.8 Å². The van der Waals surface area contributed by atoms with Crippen LogP contribution in [0.5, 0.6) is 0 Å². The first kappa shape index (κ1) is 6.85. The largest absolute Gasteiger partial charge is 0.480 e. The molecular weight excluding hydrogens is 138 g/mol. The molecule has 0 bridgehead atoms. The first-order valence-corrected chi connectivity index (χ1v) is 2.85. The molecule has 0 radical (unpaired) electrons. The predicted molar refractivity (Wildman–Crippen MR) is 30.8 cm³/mol. The molecule has 0 spiro atoms. The Labute approximate surface area is 56.9 Å². The fourth-order valence-electron chi connectivity index (χ4n) is 0.873. The van der Waals surface area contributed by atoms with E-state index in [2.05, 4.69) is 0 Å². The van der Waals surface area contributed by atoms with Crippen molar-refractivity contribution in [2.45, 2.75) is 12.5 Å². The van der Waals surface area contributed by atoms with E-state index in [9.17, 15) is 9.59 Å². The second-order valence-electron chi connectivity index (χ2n) is 2.12. The van der Waals surface area contributed by atoms with Gasteiger partial charge in [-0.1, -0.05) is 0 Å². The highest BCUT2D eigenvalue weighted by Gasteiger charge is 2.37. The number of carboxylic acid groups (broad SMARTS) is 2. The molecule has 0 unspecified atom stereocenters. The van der Waals surface area contributed by atoms with E-state index < -0.39 is 18.1 Å². The van der Waals surface area contributed by atoms with Gasteiger partial charge in [-0.2, -0.15) is 0 Å². The summed E-state index contributed by atoms with van der Waals surface area (Å²) in [5, 5.41) is 16.7. The van der Waals surface area contributed by atoms with Crippen LogP contribution in [0.1, 0.15) is 6.42 Å². The van der Waals surface area contributed by atoms with Crippen molar-refractivity contribution in [2.24, 2.45) is 0 Å². The molecule has 5 nitrogen and oxygen atoms in total. The van der Waals surface area contributed by atoms with Crippen molar-refractivity contribution < 1.29 is 19.8 Å². The van der Waals surface area contributed by atoms with E-state index in [1.807, 2.05) is 0 Å². The molecule has 0 aliphatic carbocycles. The molecule has 56 valence electrons. The number of carboxylic acids is 1. The fourth-order valence-corrected chi connectivity index (χ4v) is 0.873. The van der Waals surface area contributed by atoms with Crippen molar-refractivity contribution in [1.29, 1.82) is 0 Å². The van der Waals surface area contributed by atoms with Gasteiger partial charge in [-0.3, -0.25) is 4.90 Å². The van der Waals surface area contributed by atoms with Crippen molar-refractivity contribution in [3.8, 4) is 0 Å². The van der Waals surface area contributed by atoms with Crippen LogP contribution in [0.3, 0.4) is 0 Å². The number of amides is 1. The molecule has 0 saturated carbocycles. The zero-order valence-corrected chi connectivity index (χ0v) is 5.15. The lowest BCUT2D eigenvalue weighted by atomic mass is 10.1. The van der Waals surface area contributed by atoms with E-state index >= 15 is 0 Å². The Hall–Kier alpha value is -1.26. The molecule has 1 aliphatic heterocycles. The second kappa shape index (κ2) is 2.17. The van der Waals surface area contributed by atoms with E-state index in [1.54, 1.807) is 0 Å². The van der Waals surface area contributed by atoms with Gasteiger partial charge in [0, 0.05) is 6.54 Å². The number of rotatable bonds is 1. The molecule has 1 saturated heterocycles. The minimum Gasteiger partial charge on any atom is -0.480 e. The van der Waals surface area contributed by atoms with Crippen LogP contribution in [-0.2, 0) is 4.79 Å². The van der Waals surface area contributed by atoms with Crippen molar-refractivity contribution in [2.75, 3.05) is 6.54 Å². The highest BCUT2D eigenvalue weighted by molar-refractivity contribution is 5.81. The summed E-state index contributed by atoms with van der Waals surface area (Å²) in [6, 6.07) is -0.808. The van der Waals surface area contributed by atoms with Crippen molar-refractivity contribution in [1.82, 2.24) is 4.90 Å². The van der Waals surface area contributed by atoms with Gasteiger partial charge in [0.1, 0.15) is 6.04 Å². The lowest BCUT2D eigenvalue weighted by molar-refractivity contribution is -0.146. The van der Waals surface area contributed by atoms with E-state index in [-0.39, 0.29) is 0 Å². The van der Waals surface area contributed by atoms with Crippen LogP contribution in [0.25, 0.3) is 0 Å². The molecule has 0 aromatic rings. The monoisotopic (exact) mass is 145 g/mol. The summed E-state index contributed by atoms with van der Waals surface area (Å²) in [6.45, 7) is 0.340. The zero-order valence-electron chi connectivity index (χ0n) is 5.15. The molecule has 0 aromatic heterocycles. The Morgan fingerprint density at radius 1 is 1.40 bits per heavy atom. The quantitative estimate of drug-likeness (QED) is 0.536. The van der Waals surface area contributed by atoms with Crippen LogP contribution in [-0.4, -0.2) is 39.8 Å².